The fraction of sp³-hybridized carbons (Fsp3) is 0.409. The standard InChI is InChI=1S/C22H27N5/c1-17-22(25-21-6-4-3-5-20(21)24-17)16-27(15-18-7-11-23-12-8-18)19-9-13-26(2)14-10-19/h3-8,11-12,19H,9-10,13-16H2,1-2H3. The third-order valence-corrected chi connectivity index (χ3v) is 5.54. The summed E-state index contributed by atoms with van der Waals surface area (Å²) in [5.41, 5.74) is 5.36. The van der Waals surface area contributed by atoms with Crippen LogP contribution >= 0.6 is 0 Å². The maximum Gasteiger partial charge on any atom is 0.0890 e. The number of likely N-dealkylation sites (tertiary alicyclic amines) is 1. The average Bonchev–Trinajstić information content (AvgIpc) is 2.69. The highest BCUT2D eigenvalue weighted by Gasteiger charge is 2.24. The van der Waals surface area contributed by atoms with E-state index >= 15 is 0 Å². The number of rotatable bonds is 5. The second kappa shape index (κ2) is 8.11. The van der Waals surface area contributed by atoms with E-state index in [0.29, 0.717) is 6.04 Å². The van der Waals surface area contributed by atoms with Gasteiger partial charge in [0.2, 0.25) is 0 Å². The minimum absolute atomic E-state index is 0.571. The van der Waals surface area contributed by atoms with Gasteiger partial charge in [-0.15, -0.1) is 0 Å². The lowest BCUT2D eigenvalue weighted by Gasteiger charge is -2.37. The van der Waals surface area contributed by atoms with Crippen LogP contribution in [0.2, 0.25) is 0 Å². The summed E-state index contributed by atoms with van der Waals surface area (Å²) in [7, 11) is 2.21. The molecule has 5 nitrogen and oxygen atoms in total. The summed E-state index contributed by atoms with van der Waals surface area (Å²) in [4.78, 5) is 18.9. The Bertz CT molecular complexity index is 888. The summed E-state index contributed by atoms with van der Waals surface area (Å²) in [6.07, 6.45) is 6.15. The average molecular weight is 361 g/mol. The zero-order valence-corrected chi connectivity index (χ0v) is 16.2. The van der Waals surface area contributed by atoms with Gasteiger partial charge in [0.05, 0.1) is 22.4 Å². The second-order valence-corrected chi connectivity index (χ2v) is 7.54. The van der Waals surface area contributed by atoms with E-state index in [1.165, 1.54) is 18.4 Å². The van der Waals surface area contributed by atoms with E-state index in [9.17, 15) is 0 Å². The fourth-order valence-electron chi connectivity index (χ4n) is 3.86. The monoisotopic (exact) mass is 361 g/mol. The molecule has 3 aromatic rings. The Hall–Kier alpha value is -2.37. The minimum atomic E-state index is 0.571. The largest absolute Gasteiger partial charge is 0.306 e. The Morgan fingerprint density at radius 2 is 1.63 bits per heavy atom. The van der Waals surface area contributed by atoms with E-state index < -0.39 is 0 Å². The van der Waals surface area contributed by atoms with E-state index in [0.717, 1.165) is 48.6 Å². The number of aromatic nitrogens is 3. The van der Waals surface area contributed by atoms with Crippen molar-refractivity contribution in [3.05, 3.63) is 65.7 Å². The van der Waals surface area contributed by atoms with Crippen molar-refractivity contribution < 1.29 is 0 Å². The van der Waals surface area contributed by atoms with E-state index in [2.05, 4.69) is 40.9 Å². The van der Waals surface area contributed by atoms with Crippen LogP contribution in [0.5, 0.6) is 0 Å². The van der Waals surface area contributed by atoms with Crippen molar-refractivity contribution in [2.24, 2.45) is 0 Å². The fourth-order valence-corrected chi connectivity index (χ4v) is 3.86. The Morgan fingerprint density at radius 1 is 0.963 bits per heavy atom. The highest BCUT2D eigenvalue weighted by molar-refractivity contribution is 5.74. The van der Waals surface area contributed by atoms with Gasteiger partial charge in [0.15, 0.2) is 0 Å². The van der Waals surface area contributed by atoms with Crippen molar-refractivity contribution in [1.82, 2.24) is 24.8 Å². The third-order valence-electron chi connectivity index (χ3n) is 5.54. The molecule has 1 aliphatic rings. The first-order valence-electron chi connectivity index (χ1n) is 9.73. The van der Waals surface area contributed by atoms with Gasteiger partial charge in [0.25, 0.3) is 0 Å². The highest BCUT2D eigenvalue weighted by Crippen LogP contribution is 2.22. The van der Waals surface area contributed by atoms with Crippen LogP contribution < -0.4 is 0 Å². The summed E-state index contributed by atoms with van der Waals surface area (Å²) in [6.45, 7) is 6.14. The van der Waals surface area contributed by atoms with Crippen LogP contribution in [0.3, 0.4) is 0 Å². The minimum Gasteiger partial charge on any atom is -0.306 e. The third kappa shape index (κ3) is 4.31. The maximum atomic E-state index is 4.94. The Morgan fingerprint density at radius 3 is 2.33 bits per heavy atom. The molecule has 0 N–H and O–H groups in total. The van der Waals surface area contributed by atoms with Crippen molar-refractivity contribution in [2.75, 3.05) is 20.1 Å². The molecule has 0 saturated carbocycles. The van der Waals surface area contributed by atoms with Gasteiger partial charge in [-0.1, -0.05) is 12.1 Å². The highest BCUT2D eigenvalue weighted by atomic mass is 15.2. The van der Waals surface area contributed by atoms with Crippen LogP contribution in [-0.2, 0) is 13.1 Å². The van der Waals surface area contributed by atoms with Gasteiger partial charge < -0.3 is 4.90 Å². The molecule has 1 aliphatic heterocycles. The number of hydrogen-bond acceptors (Lipinski definition) is 5. The summed E-state index contributed by atoms with van der Waals surface area (Å²) < 4.78 is 0. The van der Waals surface area contributed by atoms with Crippen molar-refractivity contribution in [3.63, 3.8) is 0 Å². The van der Waals surface area contributed by atoms with Crippen molar-refractivity contribution in [3.8, 4) is 0 Å². The number of para-hydroxylation sites is 2. The van der Waals surface area contributed by atoms with Gasteiger partial charge in [0.1, 0.15) is 0 Å². The Kier molecular flexibility index (Phi) is 5.41. The molecule has 0 amide bonds. The molecule has 3 heterocycles. The first kappa shape index (κ1) is 18.0. The van der Waals surface area contributed by atoms with E-state index in [4.69, 9.17) is 9.97 Å². The Balaban J connectivity index is 1.61. The molecule has 0 aliphatic carbocycles. The lowest BCUT2D eigenvalue weighted by atomic mass is 10.0. The van der Waals surface area contributed by atoms with Crippen LogP contribution in [0, 0.1) is 6.92 Å². The lowest BCUT2D eigenvalue weighted by molar-refractivity contribution is 0.106. The molecule has 2 aromatic heterocycles. The van der Waals surface area contributed by atoms with Crippen LogP contribution in [0.15, 0.2) is 48.8 Å². The van der Waals surface area contributed by atoms with Crippen LogP contribution in [0.4, 0.5) is 0 Å². The number of fused-ring (bicyclic) bond motifs is 1. The smallest absolute Gasteiger partial charge is 0.0890 e. The van der Waals surface area contributed by atoms with Crippen LogP contribution in [-0.4, -0.2) is 50.9 Å². The van der Waals surface area contributed by atoms with Crippen LogP contribution in [0.25, 0.3) is 11.0 Å². The van der Waals surface area contributed by atoms with E-state index in [1.807, 2.05) is 36.7 Å². The molecule has 1 fully saturated rings. The molecule has 0 atom stereocenters. The SMILES string of the molecule is Cc1nc2ccccc2nc1CN(Cc1ccncc1)C1CCN(C)CC1. The quantitative estimate of drug-likeness (QED) is 0.697. The van der Waals surface area contributed by atoms with Crippen molar-refractivity contribution in [1.29, 1.82) is 0 Å². The zero-order chi connectivity index (χ0) is 18.6. The molecule has 0 bridgehead atoms. The van der Waals surface area contributed by atoms with E-state index in [-0.39, 0.29) is 0 Å². The predicted molar refractivity (Wildman–Crippen MR) is 108 cm³/mol. The summed E-state index contributed by atoms with van der Waals surface area (Å²) >= 11 is 0. The lowest BCUT2D eigenvalue weighted by Crippen LogP contribution is -2.43. The molecular formula is C22H27N5. The van der Waals surface area contributed by atoms with Gasteiger partial charge in [-0.2, -0.15) is 0 Å². The zero-order valence-electron chi connectivity index (χ0n) is 16.2. The molecule has 27 heavy (non-hydrogen) atoms. The summed E-state index contributed by atoms with van der Waals surface area (Å²) in [6, 6.07) is 12.9. The Labute approximate surface area is 161 Å². The van der Waals surface area contributed by atoms with Gasteiger partial charge in [-0.05, 0) is 69.7 Å². The van der Waals surface area contributed by atoms with Gasteiger partial charge >= 0.3 is 0 Å². The second-order valence-electron chi connectivity index (χ2n) is 7.54. The molecule has 1 saturated heterocycles. The number of aryl methyl sites for hydroxylation is 1. The number of hydrogen-bond donors (Lipinski definition) is 0. The predicted octanol–water partition coefficient (Wildman–Crippen LogP) is 3.43. The van der Waals surface area contributed by atoms with Gasteiger partial charge in [-0.25, -0.2) is 9.97 Å². The first-order chi connectivity index (χ1) is 13.2. The molecule has 0 spiro atoms. The topological polar surface area (TPSA) is 45.2 Å². The molecule has 5 heteroatoms. The normalized spacial score (nSPS) is 16.3. The number of nitrogens with zero attached hydrogens (tertiary/aromatic N) is 5. The number of piperidine rings is 1. The van der Waals surface area contributed by atoms with Gasteiger partial charge in [0, 0.05) is 31.5 Å². The van der Waals surface area contributed by atoms with Gasteiger partial charge in [-0.3, -0.25) is 9.88 Å². The van der Waals surface area contributed by atoms with Crippen LogP contribution in [0.1, 0.15) is 29.8 Å². The maximum absolute atomic E-state index is 4.94. The number of benzene rings is 1. The molecule has 1 aromatic carbocycles. The molecule has 0 unspecified atom stereocenters. The van der Waals surface area contributed by atoms with E-state index in [1.54, 1.807) is 0 Å². The molecule has 140 valence electrons. The first-order valence-corrected chi connectivity index (χ1v) is 9.73. The molecule has 4 rings (SSSR count). The molecular weight excluding hydrogens is 334 g/mol. The summed E-state index contributed by atoms with van der Waals surface area (Å²) in [5, 5.41) is 0. The number of pyridine rings is 1. The van der Waals surface area contributed by atoms with Crippen molar-refractivity contribution in [2.45, 2.75) is 38.9 Å². The summed E-state index contributed by atoms with van der Waals surface area (Å²) in [5.74, 6) is 0. The molecule has 0 radical (unpaired) electrons. The van der Waals surface area contributed by atoms with Crippen molar-refractivity contribution >= 4 is 11.0 Å².